The molecule has 0 unspecified atom stereocenters. The Bertz CT molecular complexity index is 652. The van der Waals surface area contributed by atoms with Gasteiger partial charge in [-0.05, 0) is 44.4 Å². The molecule has 2 aromatic rings. The van der Waals surface area contributed by atoms with Crippen LogP contribution in [0.3, 0.4) is 0 Å². The molecule has 0 amide bonds. The van der Waals surface area contributed by atoms with Gasteiger partial charge >= 0.3 is 0 Å². The zero-order valence-corrected chi connectivity index (χ0v) is 13.4. The van der Waals surface area contributed by atoms with Crippen molar-refractivity contribution in [3.63, 3.8) is 0 Å². The minimum absolute atomic E-state index is 0.313. The summed E-state index contributed by atoms with van der Waals surface area (Å²) in [6.07, 6.45) is 6.11. The lowest BCUT2D eigenvalue weighted by Gasteiger charge is -2.15. The van der Waals surface area contributed by atoms with Gasteiger partial charge in [-0.15, -0.1) is 11.3 Å². The summed E-state index contributed by atoms with van der Waals surface area (Å²) >= 11 is 1.77. The Morgan fingerprint density at radius 3 is 2.95 bits per heavy atom. The third kappa shape index (κ3) is 2.51. The van der Waals surface area contributed by atoms with Crippen molar-refractivity contribution in [1.29, 1.82) is 0 Å². The van der Waals surface area contributed by atoms with Crippen LogP contribution in [-0.4, -0.2) is 27.6 Å². The SMILES string of the molecule is Cc1nc2scc(C3CC3)n2c1CNCC1(CCO)CC1. The summed E-state index contributed by atoms with van der Waals surface area (Å²) in [6.45, 7) is 4.34. The van der Waals surface area contributed by atoms with Gasteiger partial charge in [0.25, 0.3) is 0 Å². The van der Waals surface area contributed by atoms with E-state index in [-0.39, 0.29) is 0 Å². The van der Waals surface area contributed by atoms with Crippen LogP contribution in [0.5, 0.6) is 0 Å². The monoisotopic (exact) mass is 305 g/mol. The van der Waals surface area contributed by atoms with Crippen LogP contribution in [0, 0.1) is 12.3 Å². The second-order valence-corrected chi connectivity index (χ2v) is 7.61. The molecule has 0 aromatic carbocycles. The summed E-state index contributed by atoms with van der Waals surface area (Å²) in [7, 11) is 0. The van der Waals surface area contributed by atoms with E-state index < -0.39 is 0 Å². The largest absolute Gasteiger partial charge is 0.396 e. The smallest absolute Gasteiger partial charge is 0.194 e. The molecule has 2 saturated carbocycles. The van der Waals surface area contributed by atoms with E-state index >= 15 is 0 Å². The quantitative estimate of drug-likeness (QED) is 0.827. The topological polar surface area (TPSA) is 49.6 Å². The Hall–Kier alpha value is -0.910. The van der Waals surface area contributed by atoms with Crippen molar-refractivity contribution >= 4 is 16.3 Å². The van der Waals surface area contributed by atoms with Gasteiger partial charge in [0.15, 0.2) is 4.96 Å². The summed E-state index contributed by atoms with van der Waals surface area (Å²) in [4.78, 5) is 5.85. The molecule has 0 bridgehead atoms. The minimum atomic E-state index is 0.313. The second-order valence-electron chi connectivity index (χ2n) is 6.77. The first-order valence-electron chi connectivity index (χ1n) is 7.99. The van der Waals surface area contributed by atoms with Crippen LogP contribution in [0.1, 0.15) is 55.1 Å². The highest BCUT2D eigenvalue weighted by Gasteiger charge is 2.41. The van der Waals surface area contributed by atoms with E-state index in [0.29, 0.717) is 12.0 Å². The van der Waals surface area contributed by atoms with Crippen molar-refractivity contribution < 1.29 is 5.11 Å². The van der Waals surface area contributed by atoms with Gasteiger partial charge in [-0.3, -0.25) is 4.40 Å². The van der Waals surface area contributed by atoms with Crippen molar-refractivity contribution in [2.45, 2.75) is 51.5 Å². The van der Waals surface area contributed by atoms with Gasteiger partial charge in [-0.2, -0.15) is 0 Å². The van der Waals surface area contributed by atoms with Crippen LogP contribution in [-0.2, 0) is 6.54 Å². The lowest BCUT2D eigenvalue weighted by molar-refractivity contribution is 0.245. The highest BCUT2D eigenvalue weighted by atomic mass is 32.1. The number of rotatable bonds is 7. The lowest BCUT2D eigenvalue weighted by atomic mass is 10.0. The standard InChI is InChI=1S/C16H23N3OS/c1-11-13(8-17-10-16(4-5-16)6-7-20)19-14(12-2-3-12)9-21-15(19)18-11/h9,12,17,20H,2-8,10H2,1H3. The van der Waals surface area contributed by atoms with Gasteiger partial charge < -0.3 is 10.4 Å². The zero-order chi connectivity index (χ0) is 14.4. The number of nitrogens with zero attached hydrogens (tertiary/aromatic N) is 2. The number of hydrogen-bond donors (Lipinski definition) is 2. The molecular formula is C16H23N3OS. The van der Waals surface area contributed by atoms with E-state index in [1.165, 1.54) is 37.1 Å². The number of thiazole rings is 1. The normalized spacial score (nSPS) is 20.3. The number of aliphatic hydroxyl groups is 1. The van der Waals surface area contributed by atoms with E-state index in [4.69, 9.17) is 10.1 Å². The maximum Gasteiger partial charge on any atom is 0.194 e. The molecule has 4 nitrogen and oxygen atoms in total. The highest BCUT2D eigenvalue weighted by molar-refractivity contribution is 7.15. The van der Waals surface area contributed by atoms with Crippen LogP contribution in [0.15, 0.2) is 5.38 Å². The number of imidazole rings is 1. The van der Waals surface area contributed by atoms with Crippen molar-refractivity contribution in [2.24, 2.45) is 5.41 Å². The van der Waals surface area contributed by atoms with Crippen molar-refractivity contribution in [3.8, 4) is 0 Å². The lowest BCUT2D eigenvalue weighted by Crippen LogP contribution is -2.25. The fraction of sp³-hybridized carbons (Fsp3) is 0.688. The molecule has 0 spiro atoms. The van der Waals surface area contributed by atoms with E-state index in [2.05, 4.69) is 22.0 Å². The molecule has 0 radical (unpaired) electrons. The first kappa shape index (κ1) is 13.7. The van der Waals surface area contributed by atoms with E-state index in [1.54, 1.807) is 11.3 Å². The number of aromatic nitrogens is 2. The molecule has 2 aliphatic carbocycles. The summed E-state index contributed by atoms with van der Waals surface area (Å²) in [5, 5.41) is 15.1. The Labute approximate surface area is 129 Å². The van der Waals surface area contributed by atoms with Crippen molar-refractivity contribution in [2.75, 3.05) is 13.2 Å². The molecule has 2 aliphatic rings. The molecule has 21 heavy (non-hydrogen) atoms. The number of nitrogens with one attached hydrogen (secondary N) is 1. The number of fused-ring (bicyclic) bond motifs is 1. The Morgan fingerprint density at radius 1 is 1.48 bits per heavy atom. The summed E-state index contributed by atoms with van der Waals surface area (Å²) in [6, 6.07) is 0. The zero-order valence-electron chi connectivity index (χ0n) is 12.6. The predicted octanol–water partition coefficient (Wildman–Crippen LogP) is 2.83. The molecule has 5 heteroatoms. The van der Waals surface area contributed by atoms with Gasteiger partial charge in [0, 0.05) is 36.7 Å². The molecule has 2 fully saturated rings. The third-order valence-electron chi connectivity index (χ3n) is 5.07. The molecule has 2 aromatic heterocycles. The van der Waals surface area contributed by atoms with Crippen molar-refractivity contribution in [1.82, 2.24) is 14.7 Å². The summed E-state index contributed by atoms with van der Waals surface area (Å²) in [5.74, 6) is 0.760. The fourth-order valence-electron chi connectivity index (χ4n) is 3.29. The molecule has 0 atom stereocenters. The Balaban J connectivity index is 1.50. The first-order chi connectivity index (χ1) is 10.2. The van der Waals surface area contributed by atoms with Crippen LogP contribution >= 0.6 is 11.3 Å². The van der Waals surface area contributed by atoms with Crippen molar-refractivity contribution in [3.05, 3.63) is 22.5 Å². The molecule has 0 saturated heterocycles. The van der Waals surface area contributed by atoms with Crippen LogP contribution in [0.2, 0.25) is 0 Å². The van der Waals surface area contributed by atoms with Gasteiger partial charge in [-0.1, -0.05) is 0 Å². The average molecular weight is 305 g/mol. The molecule has 2 N–H and O–H groups in total. The molecule has 4 rings (SSSR count). The number of aryl methyl sites for hydroxylation is 1. The Morgan fingerprint density at radius 2 is 2.29 bits per heavy atom. The minimum Gasteiger partial charge on any atom is -0.396 e. The van der Waals surface area contributed by atoms with E-state index in [9.17, 15) is 0 Å². The van der Waals surface area contributed by atoms with E-state index in [1.807, 2.05) is 0 Å². The maximum absolute atomic E-state index is 9.15. The average Bonchev–Trinajstić information content (AvgIpc) is 3.36. The van der Waals surface area contributed by atoms with E-state index in [0.717, 1.165) is 36.1 Å². The van der Waals surface area contributed by atoms with Crippen LogP contribution < -0.4 is 5.32 Å². The molecule has 2 heterocycles. The van der Waals surface area contributed by atoms with Gasteiger partial charge in [0.2, 0.25) is 0 Å². The van der Waals surface area contributed by atoms with Gasteiger partial charge in [-0.25, -0.2) is 4.98 Å². The van der Waals surface area contributed by atoms with Gasteiger partial charge in [0.05, 0.1) is 11.4 Å². The summed E-state index contributed by atoms with van der Waals surface area (Å²) in [5.41, 5.74) is 4.32. The molecule has 114 valence electrons. The first-order valence-corrected chi connectivity index (χ1v) is 8.87. The maximum atomic E-state index is 9.15. The van der Waals surface area contributed by atoms with Crippen LogP contribution in [0.25, 0.3) is 4.96 Å². The van der Waals surface area contributed by atoms with Crippen LogP contribution in [0.4, 0.5) is 0 Å². The molecular weight excluding hydrogens is 282 g/mol. The Kier molecular flexibility index (Phi) is 3.32. The third-order valence-corrected chi connectivity index (χ3v) is 5.92. The predicted molar refractivity (Wildman–Crippen MR) is 84.9 cm³/mol. The number of hydrogen-bond acceptors (Lipinski definition) is 4. The number of aliphatic hydroxyl groups excluding tert-OH is 1. The highest BCUT2D eigenvalue weighted by Crippen LogP contribution is 2.48. The second kappa shape index (κ2) is 5.07. The summed E-state index contributed by atoms with van der Waals surface area (Å²) < 4.78 is 2.39. The van der Waals surface area contributed by atoms with Gasteiger partial charge in [0.1, 0.15) is 0 Å². The molecule has 0 aliphatic heterocycles. The fourth-order valence-corrected chi connectivity index (χ4v) is 4.32.